The van der Waals surface area contributed by atoms with Crippen LogP contribution in [0.2, 0.25) is 0 Å². The number of amides is 1. The van der Waals surface area contributed by atoms with Gasteiger partial charge in [-0.25, -0.2) is 4.39 Å². The molecule has 0 aromatic heterocycles. The minimum absolute atomic E-state index is 0.160. The van der Waals surface area contributed by atoms with E-state index in [4.69, 9.17) is 12.2 Å². The van der Waals surface area contributed by atoms with Crippen molar-refractivity contribution in [3.8, 4) is 0 Å². The summed E-state index contributed by atoms with van der Waals surface area (Å²) in [6.45, 7) is 0. The first-order valence-corrected chi connectivity index (χ1v) is 9.82. The number of carbonyl (C=O) groups is 1. The SMILES string of the molecule is O=C(CCSCc1cccc(F)c1)NNC(=S)Nc1ccc(Br)cc1. The van der Waals surface area contributed by atoms with Gasteiger partial charge >= 0.3 is 0 Å². The highest BCUT2D eigenvalue weighted by molar-refractivity contribution is 9.10. The number of nitrogens with one attached hydrogen (secondary N) is 3. The molecule has 0 heterocycles. The highest BCUT2D eigenvalue weighted by atomic mass is 79.9. The highest BCUT2D eigenvalue weighted by Crippen LogP contribution is 2.14. The van der Waals surface area contributed by atoms with E-state index in [0.717, 1.165) is 15.7 Å². The lowest BCUT2D eigenvalue weighted by molar-refractivity contribution is -0.121. The van der Waals surface area contributed by atoms with E-state index < -0.39 is 0 Å². The van der Waals surface area contributed by atoms with Crippen molar-refractivity contribution >= 4 is 56.6 Å². The average molecular weight is 442 g/mol. The molecule has 25 heavy (non-hydrogen) atoms. The van der Waals surface area contributed by atoms with Crippen LogP contribution in [-0.2, 0) is 10.5 Å². The van der Waals surface area contributed by atoms with Crippen LogP contribution in [0.5, 0.6) is 0 Å². The van der Waals surface area contributed by atoms with Gasteiger partial charge in [-0.1, -0.05) is 28.1 Å². The number of hydrogen-bond donors (Lipinski definition) is 3. The molecular formula is C17H17BrFN3OS2. The van der Waals surface area contributed by atoms with E-state index >= 15 is 0 Å². The maximum atomic E-state index is 13.1. The molecule has 0 unspecified atom stereocenters. The summed E-state index contributed by atoms with van der Waals surface area (Å²) in [4.78, 5) is 11.8. The van der Waals surface area contributed by atoms with Crippen LogP contribution in [0, 0.1) is 5.82 Å². The molecule has 1 amide bonds. The van der Waals surface area contributed by atoms with Crippen LogP contribution in [-0.4, -0.2) is 16.8 Å². The standard InChI is InChI=1S/C17H17BrFN3OS2/c18-13-4-6-15(7-5-13)20-17(24)22-21-16(23)8-9-25-11-12-2-1-3-14(19)10-12/h1-7,10H,8-9,11H2,(H,21,23)(H2,20,22,24). The molecule has 0 aliphatic rings. The summed E-state index contributed by atoms with van der Waals surface area (Å²) in [5.41, 5.74) is 6.93. The zero-order valence-electron chi connectivity index (χ0n) is 13.2. The first-order valence-electron chi connectivity index (χ1n) is 7.46. The molecule has 132 valence electrons. The van der Waals surface area contributed by atoms with E-state index in [1.807, 2.05) is 30.3 Å². The van der Waals surface area contributed by atoms with Crippen molar-refractivity contribution in [3.05, 3.63) is 64.4 Å². The van der Waals surface area contributed by atoms with E-state index in [-0.39, 0.29) is 11.7 Å². The lowest BCUT2D eigenvalue weighted by Gasteiger charge is -2.11. The molecule has 2 aromatic carbocycles. The van der Waals surface area contributed by atoms with Crippen molar-refractivity contribution in [2.24, 2.45) is 0 Å². The van der Waals surface area contributed by atoms with Crippen molar-refractivity contribution in [2.45, 2.75) is 12.2 Å². The molecule has 0 aliphatic heterocycles. The third-order valence-electron chi connectivity index (χ3n) is 3.05. The lowest BCUT2D eigenvalue weighted by atomic mass is 10.2. The lowest BCUT2D eigenvalue weighted by Crippen LogP contribution is -2.43. The average Bonchev–Trinajstić information content (AvgIpc) is 2.59. The summed E-state index contributed by atoms with van der Waals surface area (Å²) in [6.07, 6.45) is 0.341. The van der Waals surface area contributed by atoms with Crippen LogP contribution in [0.3, 0.4) is 0 Å². The number of halogens is 2. The molecule has 0 radical (unpaired) electrons. The second-order valence-electron chi connectivity index (χ2n) is 5.07. The van der Waals surface area contributed by atoms with E-state index in [9.17, 15) is 9.18 Å². The smallest absolute Gasteiger partial charge is 0.239 e. The van der Waals surface area contributed by atoms with E-state index in [1.165, 1.54) is 12.1 Å². The van der Waals surface area contributed by atoms with Crippen molar-refractivity contribution < 1.29 is 9.18 Å². The van der Waals surface area contributed by atoms with Gasteiger partial charge < -0.3 is 5.32 Å². The molecule has 2 aromatic rings. The molecule has 0 aliphatic carbocycles. The molecule has 0 atom stereocenters. The number of thiocarbonyl (C=S) groups is 1. The molecule has 0 bridgehead atoms. The Morgan fingerprint density at radius 2 is 1.92 bits per heavy atom. The van der Waals surface area contributed by atoms with Crippen molar-refractivity contribution in [3.63, 3.8) is 0 Å². The molecule has 3 N–H and O–H groups in total. The molecule has 4 nitrogen and oxygen atoms in total. The van der Waals surface area contributed by atoms with Crippen molar-refractivity contribution in [1.29, 1.82) is 0 Å². The monoisotopic (exact) mass is 441 g/mol. The van der Waals surface area contributed by atoms with E-state index in [0.29, 0.717) is 23.0 Å². The first-order chi connectivity index (χ1) is 12.0. The minimum atomic E-state index is -0.244. The summed E-state index contributed by atoms with van der Waals surface area (Å²) in [6, 6.07) is 14.0. The Morgan fingerprint density at radius 3 is 2.64 bits per heavy atom. The van der Waals surface area contributed by atoms with Gasteiger partial charge in [0.05, 0.1) is 0 Å². The highest BCUT2D eigenvalue weighted by Gasteiger charge is 2.03. The third kappa shape index (κ3) is 7.85. The molecule has 0 saturated carbocycles. The second kappa shape index (κ2) is 10.4. The number of thioether (sulfide) groups is 1. The van der Waals surface area contributed by atoms with Crippen LogP contribution in [0.15, 0.2) is 53.0 Å². The largest absolute Gasteiger partial charge is 0.331 e. The topological polar surface area (TPSA) is 53.2 Å². The van der Waals surface area contributed by atoms with Gasteiger partial charge in [0.25, 0.3) is 0 Å². The summed E-state index contributed by atoms with van der Waals surface area (Å²) in [5, 5.41) is 3.27. The summed E-state index contributed by atoms with van der Waals surface area (Å²) in [7, 11) is 0. The Kier molecular flexibility index (Phi) is 8.17. The Bertz CT molecular complexity index is 728. The molecule has 2 rings (SSSR count). The zero-order valence-corrected chi connectivity index (χ0v) is 16.4. The Hall–Kier alpha value is -1.64. The predicted molar refractivity (Wildman–Crippen MR) is 109 cm³/mol. The van der Waals surface area contributed by atoms with Crippen LogP contribution in [0.1, 0.15) is 12.0 Å². The van der Waals surface area contributed by atoms with Crippen LogP contribution in [0.4, 0.5) is 10.1 Å². The molecule has 0 saturated heterocycles. The van der Waals surface area contributed by atoms with Gasteiger partial charge in [0.1, 0.15) is 5.82 Å². The third-order valence-corrected chi connectivity index (χ3v) is 4.81. The van der Waals surface area contributed by atoms with Gasteiger partial charge in [-0.3, -0.25) is 15.6 Å². The predicted octanol–water partition coefficient (Wildman–Crippen LogP) is 4.23. The van der Waals surface area contributed by atoms with Gasteiger partial charge in [0, 0.05) is 28.1 Å². The molecule has 0 fully saturated rings. The minimum Gasteiger partial charge on any atom is -0.331 e. The van der Waals surface area contributed by atoms with Crippen molar-refractivity contribution in [2.75, 3.05) is 11.1 Å². The van der Waals surface area contributed by atoms with E-state index in [2.05, 4.69) is 32.1 Å². The fraction of sp³-hybridized carbons (Fsp3) is 0.176. The van der Waals surface area contributed by atoms with E-state index in [1.54, 1.807) is 17.8 Å². The Labute approximate surface area is 164 Å². The fourth-order valence-corrected chi connectivity index (χ4v) is 3.19. The first kappa shape index (κ1) is 19.7. The maximum absolute atomic E-state index is 13.1. The normalized spacial score (nSPS) is 10.2. The fourth-order valence-electron chi connectivity index (χ4n) is 1.87. The zero-order chi connectivity index (χ0) is 18.1. The van der Waals surface area contributed by atoms with Crippen LogP contribution in [0.25, 0.3) is 0 Å². The number of hydrazine groups is 1. The van der Waals surface area contributed by atoms with Gasteiger partial charge in [-0.05, 0) is 54.2 Å². The Balaban J connectivity index is 1.60. The number of anilines is 1. The molecule has 0 spiro atoms. The number of rotatable bonds is 6. The summed E-state index contributed by atoms with van der Waals surface area (Å²) in [5.74, 6) is 0.900. The summed E-state index contributed by atoms with van der Waals surface area (Å²) < 4.78 is 14.0. The van der Waals surface area contributed by atoms with Gasteiger partial charge in [0.15, 0.2) is 5.11 Å². The van der Waals surface area contributed by atoms with Gasteiger partial charge in [0.2, 0.25) is 5.91 Å². The number of benzene rings is 2. The summed E-state index contributed by atoms with van der Waals surface area (Å²) >= 11 is 10.0. The quantitative estimate of drug-likeness (QED) is 0.355. The molecule has 8 heteroatoms. The van der Waals surface area contributed by atoms with Gasteiger partial charge in [-0.15, -0.1) is 0 Å². The molecular weight excluding hydrogens is 425 g/mol. The van der Waals surface area contributed by atoms with Gasteiger partial charge in [-0.2, -0.15) is 11.8 Å². The van der Waals surface area contributed by atoms with Crippen molar-refractivity contribution in [1.82, 2.24) is 10.9 Å². The number of hydrogen-bond acceptors (Lipinski definition) is 3. The van der Waals surface area contributed by atoms with Crippen LogP contribution < -0.4 is 16.2 Å². The number of carbonyl (C=O) groups excluding carboxylic acids is 1. The second-order valence-corrected chi connectivity index (χ2v) is 7.50. The van der Waals surface area contributed by atoms with Crippen LogP contribution >= 0.6 is 39.9 Å². The Morgan fingerprint density at radius 1 is 1.16 bits per heavy atom. The maximum Gasteiger partial charge on any atom is 0.239 e.